The van der Waals surface area contributed by atoms with Crippen molar-refractivity contribution in [3.05, 3.63) is 0 Å². The predicted octanol–water partition coefficient (Wildman–Crippen LogP) is 2.14. The number of nitrogens with one attached hydrogen (secondary N) is 2. The van der Waals surface area contributed by atoms with E-state index in [-0.39, 0.29) is 12.5 Å². The molecule has 0 aromatic carbocycles. The van der Waals surface area contributed by atoms with Gasteiger partial charge in [0.05, 0.1) is 0 Å². The van der Waals surface area contributed by atoms with Crippen molar-refractivity contribution >= 4 is 12.0 Å². The number of urea groups is 1. The SMILES string of the molecule is CCCOCCCNC(=O)NCCCCCCC(=O)O. The zero-order chi connectivity index (χ0) is 15.1. The number of carbonyl (C=O) groups excluding carboxylic acids is 1. The van der Waals surface area contributed by atoms with E-state index in [4.69, 9.17) is 9.84 Å². The van der Waals surface area contributed by atoms with Gasteiger partial charge in [-0.2, -0.15) is 0 Å². The maximum Gasteiger partial charge on any atom is 0.314 e. The Morgan fingerprint density at radius 3 is 2.25 bits per heavy atom. The number of carboxylic acids is 1. The average Bonchev–Trinajstić information content (AvgIpc) is 2.41. The first kappa shape index (κ1) is 18.7. The number of hydrogen-bond donors (Lipinski definition) is 3. The van der Waals surface area contributed by atoms with E-state index in [9.17, 15) is 9.59 Å². The van der Waals surface area contributed by atoms with Gasteiger partial charge in [-0.15, -0.1) is 0 Å². The van der Waals surface area contributed by atoms with Crippen LogP contribution in [0.4, 0.5) is 4.79 Å². The molecule has 0 aliphatic carbocycles. The summed E-state index contributed by atoms with van der Waals surface area (Å²) >= 11 is 0. The number of unbranched alkanes of at least 4 members (excludes halogenated alkanes) is 3. The van der Waals surface area contributed by atoms with E-state index in [0.29, 0.717) is 26.1 Å². The normalized spacial score (nSPS) is 10.2. The molecular formula is C14H28N2O4. The molecule has 6 nitrogen and oxygen atoms in total. The van der Waals surface area contributed by atoms with Crippen molar-refractivity contribution in [2.45, 2.75) is 51.9 Å². The van der Waals surface area contributed by atoms with Gasteiger partial charge in [0.25, 0.3) is 0 Å². The Hall–Kier alpha value is -1.30. The Morgan fingerprint density at radius 1 is 0.950 bits per heavy atom. The van der Waals surface area contributed by atoms with Crippen LogP contribution in [0.15, 0.2) is 0 Å². The molecule has 6 heteroatoms. The highest BCUT2D eigenvalue weighted by molar-refractivity contribution is 5.73. The summed E-state index contributed by atoms with van der Waals surface area (Å²) in [6, 6.07) is -0.147. The van der Waals surface area contributed by atoms with E-state index < -0.39 is 5.97 Å². The highest BCUT2D eigenvalue weighted by atomic mass is 16.5. The third-order valence-electron chi connectivity index (χ3n) is 2.70. The zero-order valence-electron chi connectivity index (χ0n) is 12.5. The van der Waals surface area contributed by atoms with E-state index >= 15 is 0 Å². The van der Waals surface area contributed by atoms with Gasteiger partial charge in [-0.3, -0.25) is 4.79 Å². The topological polar surface area (TPSA) is 87.7 Å². The molecule has 0 unspecified atom stereocenters. The third kappa shape index (κ3) is 14.8. The first-order valence-corrected chi connectivity index (χ1v) is 7.48. The molecule has 0 radical (unpaired) electrons. The molecule has 0 aromatic heterocycles. The van der Waals surface area contributed by atoms with Crippen LogP contribution in [0.2, 0.25) is 0 Å². The van der Waals surface area contributed by atoms with Crippen LogP contribution in [0.3, 0.4) is 0 Å². The van der Waals surface area contributed by atoms with E-state index in [1.807, 2.05) is 0 Å². The monoisotopic (exact) mass is 288 g/mol. The minimum atomic E-state index is -0.745. The van der Waals surface area contributed by atoms with E-state index in [2.05, 4.69) is 17.6 Å². The van der Waals surface area contributed by atoms with E-state index in [1.165, 1.54) is 0 Å². The van der Waals surface area contributed by atoms with Crippen LogP contribution >= 0.6 is 0 Å². The Bertz CT molecular complexity index is 260. The third-order valence-corrected chi connectivity index (χ3v) is 2.70. The standard InChI is InChI=1S/C14H28N2O4/c1-2-11-20-12-7-10-16-14(19)15-9-6-4-3-5-8-13(17)18/h2-12H2,1H3,(H,17,18)(H2,15,16,19). The van der Waals surface area contributed by atoms with Crippen molar-refractivity contribution in [3.63, 3.8) is 0 Å². The van der Waals surface area contributed by atoms with Crippen molar-refractivity contribution in [1.29, 1.82) is 0 Å². The van der Waals surface area contributed by atoms with Gasteiger partial charge in [0.2, 0.25) is 0 Å². The first-order valence-electron chi connectivity index (χ1n) is 7.48. The summed E-state index contributed by atoms with van der Waals surface area (Å²) in [6.45, 7) is 4.76. The summed E-state index contributed by atoms with van der Waals surface area (Å²) in [4.78, 5) is 21.7. The molecular weight excluding hydrogens is 260 g/mol. The van der Waals surface area contributed by atoms with Crippen LogP contribution in [-0.2, 0) is 9.53 Å². The van der Waals surface area contributed by atoms with Gasteiger partial charge < -0.3 is 20.5 Å². The molecule has 0 atom stereocenters. The van der Waals surface area contributed by atoms with Crippen LogP contribution in [0.1, 0.15) is 51.9 Å². The minimum Gasteiger partial charge on any atom is -0.481 e. The summed E-state index contributed by atoms with van der Waals surface area (Å²) in [5, 5.41) is 14.0. The largest absolute Gasteiger partial charge is 0.481 e. The number of aliphatic carboxylic acids is 1. The summed E-state index contributed by atoms with van der Waals surface area (Å²) in [7, 11) is 0. The predicted molar refractivity (Wildman–Crippen MR) is 77.8 cm³/mol. The lowest BCUT2D eigenvalue weighted by atomic mass is 10.1. The fourth-order valence-corrected chi connectivity index (χ4v) is 1.64. The molecule has 0 bridgehead atoms. The fraction of sp³-hybridized carbons (Fsp3) is 0.857. The lowest BCUT2D eigenvalue weighted by Crippen LogP contribution is -2.36. The van der Waals surface area contributed by atoms with Crippen LogP contribution < -0.4 is 10.6 Å². The van der Waals surface area contributed by atoms with Crippen LogP contribution in [-0.4, -0.2) is 43.4 Å². The molecule has 0 aliphatic rings. The summed E-state index contributed by atoms with van der Waals surface area (Å²) in [6.07, 6.45) is 5.49. The minimum absolute atomic E-state index is 0.147. The number of ether oxygens (including phenoxy) is 1. The maximum absolute atomic E-state index is 11.4. The lowest BCUT2D eigenvalue weighted by Gasteiger charge is -2.07. The molecule has 0 saturated carbocycles. The zero-order valence-corrected chi connectivity index (χ0v) is 12.5. The second-order valence-corrected chi connectivity index (χ2v) is 4.71. The number of carbonyl (C=O) groups is 2. The van der Waals surface area contributed by atoms with Gasteiger partial charge in [0, 0.05) is 32.7 Å². The Labute approximate surface area is 121 Å². The van der Waals surface area contributed by atoms with Gasteiger partial charge in [0.1, 0.15) is 0 Å². The van der Waals surface area contributed by atoms with Crippen molar-refractivity contribution < 1.29 is 19.4 Å². The van der Waals surface area contributed by atoms with Crippen LogP contribution in [0, 0.1) is 0 Å². The highest BCUT2D eigenvalue weighted by Crippen LogP contribution is 2.01. The molecule has 3 N–H and O–H groups in total. The van der Waals surface area contributed by atoms with Gasteiger partial charge in [-0.25, -0.2) is 4.79 Å². The summed E-state index contributed by atoms with van der Waals surface area (Å²) in [5.74, 6) is -0.745. The number of carboxylic acid groups (broad SMARTS) is 1. The van der Waals surface area contributed by atoms with Crippen molar-refractivity contribution in [2.24, 2.45) is 0 Å². The Balaban J connectivity index is 3.18. The lowest BCUT2D eigenvalue weighted by molar-refractivity contribution is -0.137. The maximum atomic E-state index is 11.4. The molecule has 0 fully saturated rings. The molecule has 20 heavy (non-hydrogen) atoms. The molecule has 0 spiro atoms. The van der Waals surface area contributed by atoms with Gasteiger partial charge in [-0.1, -0.05) is 19.8 Å². The average molecular weight is 288 g/mol. The van der Waals surface area contributed by atoms with Crippen molar-refractivity contribution in [3.8, 4) is 0 Å². The van der Waals surface area contributed by atoms with Crippen molar-refractivity contribution in [1.82, 2.24) is 10.6 Å². The van der Waals surface area contributed by atoms with Crippen molar-refractivity contribution in [2.75, 3.05) is 26.3 Å². The number of hydrogen-bond acceptors (Lipinski definition) is 3. The second-order valence-electron chi connectivity index (χ2n) is 4.71. The van der Waals surface area contributed by atoms with Crippen LogP contribution in [0.5, 0.6) is 0 Å². The van der Waals surface area contributed by atoms with E-state index in [1.54, 1.807) is 0 Å². The quantitative estimate of drug-likeness (QED) is 0.453. The smallest absolute Gasteiger partial charge is 0.314 e. The number of amides is 2. The van der Waals surface area contributed by atoms with Gasteiger partial charge in [0.15, 0.2) is 0 Å². The second kappa shape index (κ2) is 14.1. The summed E-state index contributed by atoms with van der Waals surface area (Å²) < 4.78 is 5.30. The Kier molecular flexibility index (Phi) is 13.2. The van der Waals surface area contributed by atoms with Gasteiger partial charge >= 0.3 is 12.0 Å². The molecule has 0 aliphatic heterocycles. The fourth-order valence-electron chi connectivity index (χ4n) is 1.64. The first-order chi connectivity index (χ1) is 9.66. The molecule has 118 valence electrons. The molecule has 0 saturated heterocycles. The molecule has 0 rings (SSSR count). The number of rotatable bonds is 13. The molecule has 2 amide bonds. The Morgan fingerprint density at radius 2 is 1.60 bits per heavy atom. The highest BCUT2D eigenvalue weighted by Gasteiger charge is 1.99. The summed E-state index contributed by atoms with van der Waals surface area (Å²) in [5.41, 5.74) is 0. The molecule has 0 aromatic rings. The van der Waals surface area contributed by atoms with Crippen LogP contribution in [0.25, 0.3) is 0 Å². The van der Waals surface area contributed by atoms with E-state index in [0.717, 1.165) is 38.7 Å². The molecule has 0 heterocycles. The van der Waals surface area contributed by atoms with Gasteiger partial charge in [-0.05, 0) is 25.7 Å².